The number of hydrogen-bond acceptors (Lipinski definition) is 5. The van der Waals surface area contributed by atoms with Crippen LogP contribution >= 0.6 is 0 Å². The molecule has 6 nitrogen and oxygen atoms in total. The molecule has 0 saturated carbocycles. The van der Waals surface area contributed by atoms with Crippen molar-refractivity contribution < 1.29 is 25.2 Å². The maximum atomic E-state index is 12.6. The molecule has 0 aromatic heterocycles. The van der Waals surface area contributed by atoms with Gasteiger partial charge in [-0.2, -0.15) is 0 Å². The SMILES string of the molecule is CCCCCCCCCCCCCC/C=C\CCCCCCCCCCCCCCCCCC(O)C(=O)NC(CO)C(O)C(O)CCC/C=C/CC/C=C/CCCCCCCCCCCCCC. The Labute approximate surface area is 424 Å². The Kier molecular flexibility index (Phi) is 55.2. The molecule has 0 aromatic carbocycles. The van der Waals surface area contributed by atoms with Gasteiger partial charge in [0.05, 0.1) is 18.8 Å². The third kappa shape index (κ3) is 49.5. The Morgan fingerprint density at radius 1 is 0.353 bits per heavy atom. The Balaban J connectivity index is 3.62. The number of allylic oxidation sites excluding steroid dienone is 6. The van der Waals surface area contributed by atoms with Crippen LogP contribution in [-0.4, -0.2) is 57.3 Å². The summed E-state index contributed by atoms with van der Waals surface area (Å²) in [5.74, 6) is -0.593. The summed E-state index contributed by atoms with van der Waals surface area (Å²) in [6, 6.07) is -1.01. The average Bonchev–Trinajstić information content (AvgIpc) is 3.34. The van der Waals surface area contributed by atoms with E-state index >= 15 is 0 Å². The Morgan fingerprint density at radius 3 is 0.926 bits per heavy atom. The minimum atomic E-state index is -1.29. The highest BCUT2D eigenvalue weighted by Gasteiger charge is 2.28. The number of amides is 1. The second-order valence-electron chi connectivity index (χ2n) is 21.0. The van der Waals surface area contributed by atoms with Crippen LogP contribution in [0.3, 0.4) is 0 Å². The zero-order valence-corrected chi connectivity index (χ0v) is 45.6. The number of unbranched alkanes of at least 4 members (excludes halogenated alkanes) is 41. The summed E-state index contributed by atoms with van der Waals surface area (Å²) in [4.78, 5) is 12.6. The van der Waals surface area contributed by atoms with E-state index in [4.69, 9.17) is 0 Å². The first-order chi connectivity index (χ1) is 33.5. The minimum absolute atomic E-state index is 0.362. The van der Waals surface area contributed by atoms with Gasteiger partial charge in [0, 0.05) is 0 Å². The summed E-state index contributed by atoms with van der Waals surface area (Å²) in [6.07, 6.45) is 70.9. The van der Waals surface area contributed by atoms with Crippen molar-refractivity contribution in [3.05, 3.63) is 36.5 Å². The van der Waals surface area contributed by atoms with E-state index in [1.54, 1.807) is 0 Å². The molecule has 0 heterocycles. The molecule has 68 heavy (non-hydrogen) atoms. The van der Waals surface area contributed by atoms with Gasteiger partial charge in [-0.25, -0.2) is 0 Å². The Bertz CT molecular complexity index is 1080. The summed E-state index contributed by atoms with van der Waals surface area (Å²) >= 11 is 0. The molecule has 0 bridgehead atoms. The molecule has 4 atom stereocenters. The molecule has 1 amide bonds. The highest BCUT2D eigenvalue weighted by Crippen LogP contribution is 2.18. The number of hydrogen-bond donors (Lipinski definition) is 5. The van der Waals surface area contributed by atoms with E-state index in [9.17, 15) is 25.2 Å². The first kappa shape index (κ1) is 66.5. The first-order valence-electron chi connectivity index (χ1n) is 30.4. The number of nitrogens with one attached hydrogen (secondary N) is 1. The number of rotatable bonds is 56. The molecular formula is C62H119NO5. The maximum absolute atomic E-state index is 12.6. The van der Waals surface area contributed by atoms with Crippen LogP contribution in [0, 0.1) is 0 Å². The van der Waals surface area contributed by atoms with Crippen LogP contribution in [-0.2, 0) is 4.79 Å². The standard InChI is InChI=1S/C62H119NO5/c1-3-5-7-9-11-13-15-17-19-21-23-25-26-27-28-29-30-31-32-33-34-36-38-40-42-44-46-48-50-52-54-56-60(66)62(68)63-58(57-64)61(67)59(65)55-53-51-49-47-45-43-41-39-37-35-24-22-20-18-16-14-12-10-8-6-4-2/h27-28,39,41,47,49,58-61,64-67H,3-26,29-38,40,42-46,48,50-57H2,1-2H3,(H,63,68)/b28-27-,41-39+,49-47+. The summed E-state index contributed by atoms with van der Waals surface area (Å²) < 4.78 is 0. The fourth-order valence-corrected chi connectivity index (χ4v) is 9.54. The predicted octanol–water partition coefficient (Wildman–Crippen LogP) is 18.0. The fourth-order valence-electron chi connectivity index (χ4n) is 9.54. The van der Waals surface area contributed by atoms with Crippen molar-refractivity contribution in [3.63, 3.8) is 0 Å². The van der Waals surface area contributed by atoms with E-state index in [2.05, 4.69) is 55.6 Å². The zero-order valence-electron chi connectivity index (χ0n) is 45.6. The lowest BCUT2D eigenvalue weighted by atomic mass is 10.00. The van der Waals surface area contributed by atoms with Gasteiger partial charge >= 0.3 is 0 Å². The summed E-state index contributed by atoms with van der Waals surface area (Å²) in [5.41, 5.74) is 0. The monoisotopic (exact) mass is 958 g/mol. The van der Waals surface area contributed by atoms with E-state index in [-0.39, 0.29) is 0 Å². The molecule has 0 radical (unpaired) electrons. The lowest BCUT2D eigenvalue weighted by Crippen LogP contribution is -2.53. The Morgan fingerprint density at radius 2 is 0.618 bits per heavy atom. The molecule has 0 rings (SSSR count). The van der Waals surface area contributed by atoms with E-state index in [0.29, 0.717) is 19.3 Å². The van der Waals surface area contributed by atoms with Gasteiger partial charge in [-0.3, -0.25) is 4.79 Å². The smallest absolute Gasteiger partial charge is 0.249 e. The molecule has 4 unspecified atom stereocenters. The molecule has 5 N–H and O–H groups in total. The van der Waals surface area contributed by atoms with E-state index in [1.807, 2.05) is 0 Å². The molecule has 0 aliphatic carbocycles. The third-order valence-electron chi connectivity index (χ3n) is 14.3. The van der Waals surface area contributed by atoms with Gasteiger partial charge in [-0.1, -0.05) is 281 Å². The maximum Gasteiger partial charge on any atom is 0.249 e. The van der Waals surface area contributed by atoms with Gasteiger partial charge in [0.2, 0.25) is 5.91 Å². The molecular weight excluding hydrogens is 839 g/mol. The second kappa shape index (κ2) is 56.4. The molecule has 402 valence electrons. The predicted molar refractivity (Wildman–Crippen MR) is 297 cm³/mol. The largest absolute Gasteiger partial charge is 0.394 e. The van der Waals surface area contributed by atoms with Gasteiger partial charge < -0.3 is 25.7 Å². The number of carbonyl (C=O) groups is 1. The van der Waals surface area contributed by atoms with E-state index in [1.165, 1.54) is 250 Å². The number of carbonyl (C=O) groups excluding carboxylic acids is 1. The van der Waals surface area contributed by atoms with Crippen molar-refractivity contribution in [1.82, 2.24) is 5.32 Å². The fraction of sp³-hybridized carbons (Fsp3) is 0.887. The van der Waals surface area contributed by atoms with Crippen molar-refractivity contribution in [2.75, 3.05) is 6.61 Å². The van der Waals surface area contributed by atoms with Crippen molar-refractivity contribution in [1.29, 1.82) is 0 Å². The highest BCUT2D eigenvalue weighted by atomic mass is 16.3. The molecule has 0 aliphatic rings. The van der Waals surface area contributed by atoms with Crippen LogP contribution in [0.15, 0.2) is 36.5 Å². The number of aliphatic hydroxyl groups is 4. The third-order valence-corrected chi connectivity index (χ3v) is 14.3. The van der Waals surface area contributed by atoms with Gasteiger partial charge in [0.15, 0.2) is 0 Å². The number of aliphatic hydroxyl groups excluding tert-OH is 4. The van der Waals surface area contributed by atoms with Gasteiger partial charge in [0.1, 0.15) is 12.2 Å². The van der Waals surface area contributed by atoms with Crippen molar-refractivity contribution in [2.45, 2.75) is 346 Å². The van der Waals surface area contributed by atoms with Gasteiger partial charge in [0.25, 0.3) is 0 Å². The first-order valence-corrected chi connectivity index (χ1v) is 30.4. The normalized spacial score (nSPS) is 13.9. The van der Waals surface area contributed by atoms with Crippen LogP contribution in [0.5, 0.6) is 0 Å². The summed E-state index contributed by atoms with van der Waals surface area (Å²) in [5, 5.41) is 44.0. The minimum Gasteiger partial charge on any atom is -0.394 e. The van der Waals surface area contributed by atoms with Gasteiger partial charge in [-0.15, -0.1) is 0 Å². The van der Waals surface area contributed by atoms with Crippen LogP contribution in [0.1, 0.15) is 322 Å². The van der Waals surface area contributed by atoms with Crippen LogP contribution < -0.4 is 5.32 Å². The topological polar surface area (TPSA) is 110 Å². The molecule has 0 spiro atoms. The van der Waals surface area contributed by atoms with E-state index in [0.717, 1.165) is 38.5 Å². The molecule has 0 saturated heterocycles. The van der Waals surface area contributed by atoms with Crippen LogP contribution in [0.4, 0.5) is 0 Å². The molecule has 0 fully saturated rings. The van der Waals surface area contributed by atoms with Crippen LogP contribution in [0.25, 0.3) is 0 Å². The molecule has 0 aliphatic heterocycles. The van der Waals surface area contributed by atoms with Crippen molar-refractivity contribution >= 4 is 5.91 Å². The molecule has 0 aromatic rings. The van der Waals surface area contributed by atoms with Crippen LogP contribution in [0.2, 0.25) is 0 Å². The quantitative estimate of drug-likeness (QED) is 0.0308. The second-order valence-corrected chi connectivity index (χ2v) is 21.0. The summed E-state index contributed by atoms with van der Waals surface area (Å²) in [6.45, 7) is 4.07. The lowest BCUT2D eigenvalue weighted by molar-refractivity contribution is -0.132. The summed E-state index contributed by atoms with van der Waals surface area (Å²) in [7, 11) is 0. The Hall–Kier alpha value is -1.47. The van der Waals surface area contributed by atoms with Crippen molar-refractivity contribution in [2.24, 2.45) is 0 Å². The zero-order chi connectivity index (χ0) is 49.5. The average molecular weight is 959 g/mol. The molecule has 6 heteroatoms. The lowest BCUT2D eigenvalue weighted by Gasteiger charge is -2.27. The van der Waals surface area contributed by atoms with Crippen molar-refractivity contribution in [3.8, 4) is 0 Å². The van der Waals surface area contributed by atoms with Gasteiger partial charge in [-0.05, 0) is 77.0 Å². The highest BCUT2D eigenvalue weighted by molar-refractivity contribution is 5.80. The van der Waals surface area contributed by atoms with E-state index < -0.39 is 36.9 Å².